The van der Waals surface area contributed by atoms with E-state index in [0.29, 0.717) is 0 Å². The fourth-order valence-electron chi connectivity index (χ4n) is 3.98. The molecule has 0 aliphatic heterocycles. The predicted molar refractivity (Wildman–Crippen MR) is 127 cm³/mol. The van der Waals surface area contributed by atoms with Crippen molar-refractivity contribution in [1.82, 2.24) is 14.9 Å². The van der Waals surface area contributed by atoms with Gasteiger partial charge in [0.2, 0.25) is 0 Å². The topological polar surface area (TPSA) is 46.9 Å². The molecule has 1 aromatic carbocycles. The first-order valence-electron chi connectivity index (χ1n) is 11.5. The molecule has 0 aliphatic rings. The molecule has 1 N–H and O–H groups in total. The molecule has 0 bridgehead atoms. The number of thiophene rings is 1. The molecule has 0 aliphatic carbocycles. The number of unbranched alkanes of at least 4 members (excludes halogenated alkanes) is 8. The molecule has 30 heavy (non-hydrogen) atoms. The number of aromatic nitrogens is 2. The molecule has 2 heterocycles. The number of hydrogen-bond acceptors (Lipinski definition) is 3. The van der Waals surface area contributed by atoms with Crippen LogP contribution in [0.3, 0.4) is 0 Å². The fraction of sp³-hybridized carbons (Fsp3) is 0.520. The van der Waals surface area contributed by atoms with Crippen molar-refractivity contribution >= 4 is 28.3 Å². The second-order valence-corrected chi connectivity index (χ2v) is 9.06. The maximum absolute atomic E-state index is 12.5. The lowest BCUT2D eigenvalue weighted by Crippen LogP contribution is -2.28. The van der Waals surface area contributed by atoms with Gasteiger partial charge in [0.25, 0.3) is 5.91 Å². The van der Waals surface area contributed by atoms with Crippen LogP contribution in [0.1, 0.15) is 93.2 Å². The molecule has 0 radical (unpaired) electrons. The summed E-state index contributed by atoms with van der Waals surface area (Å²) in [5.74, 6) is 0.917. The van der Waals surface area contributed by atoms with Crippen LogP contribution in [-0.2, 0) is 6.54 Å². The second-order valence-electron chi connectivity index (χ2n) is 8.11. The third-order valence-electron chi connectivity index (χ3n) is 5.65. The molecule has 0 fully saturated rings. The number of fused-ring (bicyclic) bond motifs is 1. The van der Waals surface area contributed by atoms with Gasteiger partial charge in [0, 0.05) is 6.54 Å². The van der Waals surface area contributed by atoms with E-state index in [1.165, 1.54) is 62.7 Å². The molecule has 1 unspecified atom stereocenters. The number of hydrogen-bond donors (Lipinski definition) is 1. The summed E-state index contributed by atoms with van der Waals surface area (Å²) in [5, 5.41) is 5.05. The zero-order valence-electron chi connectivity index (χ0n) is 18.4. The summed E-state index contributed by atoms with van der Waals surface area (Å²) in [6.45, 7) is 5.24. The van der Waals surface area contributed by atoms with E-state index in [2.05, 4.69) is 35.0 Å². The van der Waals surface area contributed by atoms with Crippen molar-refractivity contribution in [3.8, 4) is 0 Å². The summed E-state index contributed by atoms with van der Waals surface area (Å²) in [5.41, 5.74) is 2.16. The first-order chi connectivity index (χ1) is 14.7. The standard InChI is InChI=1S/C25H35N3OS/c1-3-4-5-6-7-8-9-10-13-18-28-22-16-12-11-15-21(22)27-24(28)20(2)26-25(29)23-17-14-19-30-23/h11-12,14-17,19-20H,3-10,13,18H2,1-2H3,(H,26,29). The predicted octanol–water partition coefficient (Wildman–Crippen LogP) is 7.12. The van der Waals surface area contributed by atoms with E-state index in [9.17, 15) is 4.79 Å². The van der Waals surface area contributed by atoms with Gasteiger partial charge in [-0.25, -0.2) is 4.98 Å². The quantitative estimate of drug-likeness (QED) is 0.296. The van der Waals surface area contributed by atoms with E-state index in [1.54, 1.807) is 0 Å². The van der Waals surface area contributed by atoms with Gasteiger partial charge in [-0.05, 0) is 36.9 Å². The van der Waals surface area contributed by atoms with Crippen molar-refractivity contribution in [3.05, 3.63) is 52.5 Å². The van der Waals surface area contributed by atoms with Gasteiger partial charge in [0.05, 0.1) is 22.0 Å². The van der Waals surface area contributed by atoms with Crippen LogP contribution in [0.4, 0.5) is 0 Å². The monoisotopic (exact) mass is 425 g/mol. The van der Waals surface area contributed by atoms with E-state index < -0.39 is 0 Å². The zero-order chi connectivity index (χ0) is 21.2. The fourth-order valence-corrected chi connectivity index (χ4v) is 4.61. The Morgan fingerprint density at radius 3 is 2.40 bits per heavy atom. The van der Waals surface area contributed by atoms with Crippen LogP contribution in [0.25, 0.3) is 11.0 Å². The van der Waals surface area contributed by atoms with Gasteiger partial charge in [0.1, 0.15) is 5.82 Å². The van der Waals surface area contributed by atoms with Crippen molar-refractivity contribution in [2.24, 2.45) is 0 Å². The number of para-hydroxylation sites is 2. The Labute approximate surface area is 184 Å². The van der Waals surface area contributed by atoms with Gasteiger partial charge >= 0.3 is 0 Å². The number of carbonyl (C=O) groups is 1. The first kappa shape index (κ1) is 22.5. The Balaban J connectivity index is 1.57. The van der Waals surface area contributed by atoms with Crippen LogP contribution < -0.4 is 5.32 Å². The molecular formula is C25H35N3OS. The second kappa shape index (κ2) is 11.9. The Morgan fingerprint density at radius 1 is 1.00 bits per heavy atom. The van der Waals surface area contributed by atoms with E-state index >= 15 is 0 Å². The minimum atomic E-state index is -0.134. The van der Waals surface area contributed by atoms with Crippen LogP contribution >= 0.6 is 11.3 Å². The molecule has 4 nitrogen and oxygen atoms in total. The van der Waals surface area contributed by atoms with E-state index in [0.717, 1.165) is 34.7 Å². The average Bonchev–Trinajstić information content (AvgIpc) is 3.41. The smallest absolute Gasteiger partial charge is 0.261 e. The Morgan fingerprint density at radius 2 is 1.70 bits per heavy atom. The summed E-state index contributed by atoms with van der Waals surface area (Å²) in [6, 6.07) is 11.9. The number of rotatable bonds is 13. The van der Waals surface area contributed by atoms with E-state index in [-0.39, 0.29) is 11.9 Å². The highest BCUT2D eigenvalue weighted by Crippen LogP contribution is 2.23. The van der Waals surface area contributed by atoms with Crippen molar-refractivity contribution < 1.29 is 4.79 Å². The highest BCUT2D eigenvalue weighted by atomic mass is 32.1. The van der Waals surface area contributed by atoms with Crippen LogP contribution in [0.2, 0.25) is 0 Å². The maximum Gasteiger partial charge on any atom is 0.261 e. The van der Waals surface area contributed by atoms with E-state index in [1.807, 2.05) is 30.5 Å². The largest absolute Gasteiger partial charge is 0.342 e. The molecule has 0 saturated heterocycles. The molecule has 3 aromatic rings. The summed E-state index contributed by atoms with van der Waals surface area (Å²) >= 11 is 1.47. The van der Waals surface area contributed by atoms with Crippen LogP contribution in [0, 0.1) is 0 Å². The van der Waals surface area contributed by atoms with Crippen LogP contribution in [-0.4, -0.2) is 15.5 Å². The third kappa shape index (κ3) is 6.18. The maximum atomic E-state index is 12.5. The third-order valence-corrected chi connectivity index (χ3v) is 6.52. The highest BCUT2D eigenvalue weighted by molar-refractivity contribution is 7.12. The molecule has 3 rings (SSSR count). The Hall–Kier alpha value is -2.14. The Kier molecular flexibility index (Phi) is 8.94. The van der Waals surface area contributed by atoms with Crippen molar-refractivity contribution in [2.45, 2.75) is 84.2 Å². The number of carbonyl (C=O) groups excluding carboxylic acids is 1. The summed E-state index contributed by atoms with van der Waals surface area (Å²) in [4.78, 5) is 18.1. The minimum absolute atomic E-state index is 0.0285. The number of benzene rings is 1. The average molecular weight is 426 g/mol. The lowest BCUT2D eigenvalue weighted by Gasteiger charge is -2.16. The van der Waals surface area contributed by atoms with Gasteiger partial charge in [-0.15, -0.1) is 11.3 Å². The SMILES string of the molecule is CCCCCCCCCCCn1c(C(C)NC(=O)c2cccs2)nc2ccccc21. The molecule has 2 aromatic heterocycles. The van der Waals surface area contributed by atoms with Gasteiger partial charge in [0.15, 0.2) is 0 Å². The zero-order valence-corrected chi connectivity index (χ0v) is 19.2. The lowest BCUT2D eigenvalue weighted by molar-refractivity contribution is 0.0941. The van der Waals surface area contributed by atoms with Crippen molar-refractivity contribution in [1.29, 1.82) is 0 Å². The molecule has 162 valence electrons. The first-order valence-corrected chi connectivity index (χ1v) is 12.4. The van der Waals surface area contributed by atoms with Crippen LogP contribution in [0.5, 0.6) is 0 Å². The van der Waals surface area contributed by atoms with Gasteiger partial charge in [-0.3, -0.25) is 4.79 Å². The summed E-state index contributed by atoms with van der Waals surface area (Å²) in [7, 11) is 0. The number of nitrogens with zero attached hydrogens (tertiary/aromatic N) is 2. The molecule has 0 spiro atoms. The van der Waals surface area contributed by atoms with Gasteiger partial charge < -0.3 is 9.88 Å². The Bertz CT molecular complexity index is 900. The van der Waals surface area contributed by atoms with Gasteiger partial charge in [-0.2, -0.15) is 0 Å². The van der Waals surface area contributed by atoms with Crippen molar-refractivity contribution in [3.63, 3.8) is 0 Å². The molecule has 0 saturated carbocycles. The number of aryl methyl sites for hydroxylation is 1. The summed E-state index contributed by atoms with van der Waals surface area (Å²) in [6.07, 6.45) is 11.9. The number of amides is 1. The molecule has 1 amide bonds. The number of imidazole rings is 1. The number of nitrogens with one attached hydrogen (secondary N) is 1. The van der Waals surface area contributed by atoms with Crippen LogP contribution in [0.15, 0.2) is 41.8 Å². The van der Waals surface area contributed by atoms with E-state index in [4.69, 9.17) is 4.98 Å². The van der Waals surface area contributed by atoms with Gasteiger partial charge in [-0.1, -0.05) is 76.5 Å². The lowest BCUT2D eigenvalue weighted by atomic mass is 10.1. The normalized spacial score (nSPS) is 12.3. The molecule has 5 heteroatoms. The van der Waals surface area contributed by atoms with Crippen molar-refractivity contribution in [2.75, 3.05) is 0 Å². The minimum Gasteiger partial charge on any atom is -0.342 e. The molecule has 1 atom stereocenters. The molecular weight excluding hydrogens is 390 g/mol. The summed E-state index contributed by atoms with van der Waals surface area (Å²) < 4.78 is 2.30. The highest BCUT2D eigenvalue weighted by Gasteiger charge is 2.19.